The number of aromatic nitrogens is 1. The van der Waals surface area contributed by atoms with E-state index in [2.05, 4.69) is 16.4 Å². The largest absolute Gasteiger partial charge is 0.367 e. The molecular formula is C11H13N3. The monoisotopic (exact) mass is 187 g/mol. The molecule has 1 heterocycles. The molecule has 3 nitrogen and oxygen atoms in total. The Morgan fingerprint density at radius 2 is 2.29 bits per heavy atom. The molecule has 0 atom stereocenters. The second-order valence-corrected chi connectivity index (χ2v) is 3.75. The van der Waals surface area contributed by atoms with Crippen molar-refractivity contribution < 1.29 is 0 Å². The summed E-state index contributed by atoms with van der Waals surface area (Å²) in [5.74, 6) is 0.830. The van der Waals surface area contributed by atoms with Crippen LogP contribution in [-0.4, -0.2) is 11.0 Å². The van der Waals surface area contributed by atoms with Gasteiger partial charge < -0.3 is 5.32 Å². The highest BCUT2D eigenvalue weighted by Crippen LogP contribution is 2.22. The van der Waals surface area contributed by atoms with E-state index in [4.69, 9.17) is 5.26 Å². The molecule has 72 valence electrons. The Hall–Kier alpha value is -1.56. The predicted octanol–water partition coefficient (Wildman–Crippen LogP) is 2.23. The van der Waals surface area contributed by atoms with Gasteiger partial charge in [-0.1, -0.05) is 6.07 Å². The Morgan fingerprint density at radius 3 is 2.86 bits per heavy atom. The van der Waals surface area contributed by atoms with Gasteiger partial charge in [-0.25, -0.2) is 4.98 Å². The van der Waals surface area contributed by atoms with Gasteiger partial charge in [0.05, 0.1) is 0 Å². The molecule has 1 aromatic rings. The van der Waals surface area contributed by atoms with E-state index in [1.165, 1.54) is 19.3 Å². The van der Waals surface area contributed by atoms with Gasteiger partial charge >= 0.3 is 0 Å². The van der Waals surface area contributed by atoms with Gasteiger partial charge in [0.2, 0.25) is 0 Å². The summed E-state index contributed by atoms with van der Waals surface area (Å²) in [5, 5.41) is 12.1. The molecular weight excluding hydrogens is 174 g/mol. The number of nitriles is 1. The SMILES string of the molecule is Cc1ccc(NC2CCC2)nc1C#N. The van der Waals surface area contributed by atoms with E-state index in [-0.39, 0.29) is 0 Å². The average Bonchev–Trinajstić information content (AvgIpc) is 2.14. The summed E-state index contributed by atoms with van der Waals surface area (Å²) in [6.07, 6.45) is 3.74. The lowest BCUT2D eigenvalue weighted by Crippen LogP contribution is -2.27. The van der Waals surface area contributed by atoms with E-state index in [0.29, 0.717) is 11.7 Å². The fraction of sp³-hybridized carbons (Fsp3) is 0.455. The van der Waals surface area contributed by atoms with E-state index >= 15 is 0 Å². The van der Waals surface area contributed by atoms with Crippen molar-refractivity contribution in [3.8, 4) is 6.07 Å². The van der Waals surface area contributed by atoms with Crippen LogP contribution < -0.4 is 5.32 Å². The molecule has 0 aliphatic heterocycles. The second-order valence-electron chi connectivity index (χ2n) is 3.75. The molecule has 0 amide bonds. The zero-order chi connectivity index (χ0) is 9.97. The maximum atomic E-state index is 8.81. The number of rotatable bonds is 2. The van der Waals surface area contributed by atoms with E-state index in [9.17, 15) is 0 Å². The summed E-state index contributed by atoms with van der Waals surface area (Å²) >= 11 is 0. The van der Waals surface area contributed by atoms with Crippen LogP contribution in [0, 0.1) is 18.3 Å². The summed E-state index contributed by atoms with van der Waals surface area (Å²) in [7, 11) is 0. The van der Waals surface area contributed by atoms with E-state index in [1.54, 1.807) is 0 Å². The number of nitrogens with zero attached hydrogens (tertiary/aromatic N) is 2. The average molecular weight is 187 g/mol. The highest BCUT2D eigenvalue weighted by Gasteiger charge is 2.17. The number of nitrogens with one attached hydrogen (secondary N) is 1. The molecule has 1 fully saturated rings. The van der Waals surface area contributed by atoms with E-state index in [0.717, 1.165) is 11.4 Å². The summed E-state index contributed by atoms with van der Waals surface area (Å²) in [5.41, 5.74) is 1.46. The van der Waals surface area contributed by atoms with Gasteiger partial charge in [0.25, 0.3) is 0 Å². The molecule has 0 saturated heterocycles. The van der Waals surface area contributed by atoms with Crippen LogP contribution in [0.25, 0.3) is 0 Å². The molecule has 0 unspecified atom stereocenters. The number of anilines is 1. The summed E-state index contributed by atoms with van der Waals surface area (Å²) in [6.45, 7) is 1.90. The van der Waals surface area contributed by atoms with Crippen LogP contribution in [0.5, 0.6) is 0 Å². The van der Waals surface area contributed by atoms with Gasteiger partial charge in [-0.05, 0) is 37.8 Å². The lowest BCUT2D eigenvalue weighted by molar-refractivity contribution is 0.444. The first-order valence-electron chi connectivity index (χ1n) is 4.94. The first kappa shape index (κ1) is 9.01. The van der Waals surface area contributed by atoms with Gasteiger partial charge in [-0.15, -0.1) is 0 Å². The number of aryl methyl sites for hydroxylation is 1. The molecule has 2 rings (SSSR count). The lowest BCUT2D eigenvalue weighted by atomic mass is 9.93. The molecule has 1 aliphatic rings. The van der Waals surface area contributed by atoms with Crippen LogP contribution in [-0.2, 0) is 0 Å². The van der Waals surface area contributed by atoms with Gasteiger partial charge in [0.15, 0.2) is 0 Å². The third-order valence-electron chi connectivity index (χ3n) is 2.66. The van der Waals surface area contributed by atoms with Crippen molar-refractivity contribution in [2.75, 3.05) is 5.32 Å². The molecule has 14 heavy (non-hydrogen) atoms. The predicted molar refractivity (Wildman–Crippen MR) is 55.0 cm³/mol. The van der Waals surface area contributed by atoms with Crippen LogP contribution in [0.2, 0.25) is 0 Å². The topological polar surface area (TPSA) is 48.7 Å². The van der Waals surface area contributed by atoms with Crippen molar-refractivity contribution in [1.29, 1.82) is 5.26 Å². The maximum absolute atomic E-state index is 8.81. The minimum Gasteiger partial charge on any atom is -0.367 e. The molecule has 1 aliphatic carbocycles. The normalized spacial score (nSPS) is 15.7. The van der Waals surface area contributed by atoms with Crippen molar-refractivity contribution in [1.82, 2.24) is 4.98 Å². The number of pyridine rings is 1. The van der Waals surface area contributed by atoms with E-state index < -0.39 is 0 Å². The van der Waals surface area contributed by atoms with Crippen LogP contribution >= 0.6 is 0 Å². The quantitative estimate of drug-likeness (QED) is 0.772. The summed E-state index contributed by atoms with van der Waals surface area (Å²) < 4.78 is 0. The minimum atomic E-state index is 0.523. The summed E-state index contributed by atoms with van der Waals surface area (Å²) in [4.78, 5) is 4.24. The highest BCUT2D eigenvalue weighted by molar-refractivity contribution is 5.43. The van der Waals surface area contributed by atoms with Crippen molar-refractivity contribution in [2.45, 2.75) is 32.2 Å². The van der Waals surface area contributed by atoms with Gasteiger partial charge in [0.1, 0.15) is 17.6 Å². The van der Waals surface area contributed by atoms with Crippen molar-refractivity contribution in [3.05, 3.63) is 23.4 Å². The minimum absolute atomic E-state index is 0.523. The van der Waals surface area contributed by atoms with Gasteiger partial charge in [0, 0.05) is 6.04 Å². The zero-order valence-corrected chi connectivity index (χ0v) is 8.25. The molecule has 1 N–H and O–H groups in total. The highest BCUT2D eigenvalue weighted by atomic mass is 15.0. The van der Waals surface area contributed by atoms with Crippen LogP contribution in [0.3, 0.4) is 0 Å². The smallest absolute Gasteiger partial charge is 0.145 e. The Bertz CT molecular complexity index is 375. The first-order chi connectivity index (χ1) is 6.79. The third-order valence-corrected chi connectivity index (χ3v) is 2.66. The van der Waals surface area contributed by atoms with Gasteiger partial charge in [-0.2, -0.15) is 5.26 Å². The van der Waals surface area contributed by atoms with Gasteiger partial charge in [-0.3, -0.25) is 0 Å². The Kier molecular flexibility index (Phi) is 2.36. The van der Waals surface area contributed by atoms with Crippen molar-refractivity contribution in [2.24, 2.45) is 0 Å². The Morgan fingerprint density at radius 1 is 1.50 bits per heavy atom. The third kappa shape index (κ3) is 1.69. The van der Waals surface area contributed by atoms with Crippen LogP contribution in [0.15, 0.2) is 12.1 Å². The standard InChI is InChI=1S/C11H13N3/c1-8-5-6-11(14-10(8)7-12)13-9-3-2-4-9/h5-6,9H,2-4H2,1H3,(H,13,14). The van der Waals surface area contributed by atoms with Crippen LogP contribution in [0.4, 0.5) is 5.82 Å². The maximum Gasteiger partial charge on any atom is 0.145 e. The van der Waals surface area contributed by atoms with Crippen molar-refractivity contribution >= 4 is 5.82 Å². The Balaban J connectivity index is 2.14. The molecule has 0 spiro atoms. The molecule has 1 aromatic heterocycles. The Labute approximate surface area is 83.8 Å². The molecule has 0 radical (unpaired) electrons. The lowest BCUT2D eigenvalue weighted by Gasteiger charge is -2.26. The molecule has 0 aromatic carbocycles. The van der Waals surface area contributed by atoms with E-state index in [1.807, 2.05) is 19.1 Å². The number of hydrogen-bond donors (Lipinski definition) is 1. The summed E-state index contributed by atoms with van der Waals surface area (Å²) in [6, 6.07) is 6.54. The first-order valence-corrected chi connectivity index (χ1v) is 4.94. The molecule has 1 saturated carbocycles. The molecule has 0 bridgehead atoms. The zero-order valence-electron chi connectivity index (χ0n) is 8.25. The molecule has 3 heteroatoms. The fourth-order valence-corrected chi connectivity index (χ4v) is 1.48. The fourth-order valence-electron chi connectivity index (χ4n) is 1.48. The number of hydrogen-bond acceptors (Lipinski definition) is 3. The second kappa shape index (κ2) is 3.67. The van der Waals surface area contributed by atoms with Crippen molar-refractivity contribution in [3.63, 3.8) is 0 Å². The van der Waals surface area contributed by atoms with Crippen LogP contribution in [0.1, 0.15) is 30.5 Å².